The Morgan fingerprint density at radius 2 is 1.59 bits per heavy atom. The lowest BCUT2D eigenvalue weighted by molar-refractivity contribution is 0.887. The van der Waals surface area contributed by atoms with Gasteiger partial charge in [-0.3, -0.25) is 0 Å². The summed E-state index contributed by atoms with van der Waals surface area (Å²) in [6, 6.07) is 0. The van der Waals surface area contributed by atoms with Gasteiger partial charge in [-0.2, -0.15) is 11.8 Å². The number of hydrogen-bond acceptors (Lipinski definition) is 9. The van der Waals surface area contributed by atoms with Crippen LogP contribution < -0.4 is 11.5 Å². The molecule has 9 heteroatoms. The van der Waals surface area contributed by atoms with Crippen molar-refractivity contribution in [2.75, 3.05) is 17.2 Å². The number of aryl methyl sites for hydroxylation is 1. The molecule has 17 heavy (non-hydrogen) atoms. The molecule has 0 radical (unpaired) electrons. The van der Waals surface area contributed by atoms with E-state index in [-0.39, 0.29) is 0 Å². The van der Waals surface area contributed by atoms with E-state index in [4.69, 9.17) is 11.5 Å². The molecule has 2 heterocycles. The second kappa shape index (κ2) is 6.12. The molecule has 0 aliphatic heterocycles. The summed E-state index contributed by atoms with van der Waals surface area (Å²) >= 11 is 4.72. The van der Waals surface area contributed by atoms with Crippen molar-refractivity contribution in [3.8, 4) is 0 Å². The molecule has 0 aromatic carbocycles. The number of nitrogen functional groups attached to an aromatic ring is 2. The molecule has 0 saturated carbocycles. The summed E-state index contributed by atoms with van der Waals surface area (Å²) in [5.41, 5.74) is 11.0. The lowest BCUT2D eigenvalue weighted by Gasteiger charge is -1.96. The SMILES string of the molecule is Nc1nnc(CCCSCc2nnc(N)s2)s1. The summed E-state index contributed by atoms with van der Waals surface area (Å²) in [4.78, 5) is 0. The Morgan fingerprint density at radius 3 is 2.18 bits per heavy atom. The van der Waals surface area contributed by atoms with Gasteiger partial charge in [0.2, 0.25) is 10.3 Å². The number of aromatic nitrogens is 4. The molecule has 0 saturated heterocycles. The highest BCUT2D eigenvalue weighted by Crippen LogP contribution is 2.19. The van der Waals surface area contributed by atoms with E-state index in [0.29, 0.717) is 10.3 Å². The smallest absolute Gasteiger partial charge is 0.203 e. The third-order valence-electron chi connectivity index (χ3n) is 1.87. The van der Waals surface area contributed by atoms with Crippen molar-refractivity contribution in [2.45, 2.75) is 18.6 Å². The number of nitrogens with two attached hydrogens (primary N) is 2. The van der Waals surface area contributed by atoms with E-state index in [1.54, 1.807) is 0 Å². The average molecular weight is 288 g/mol. The molecule has 0 atom stereocenters. The summed E-state index contributed by atoms with van der Waals surface area (Å²) < 4.78 is 0. The monoisotopic (exact) mass is 288 g/mol. The van der Waals surface area contributed by atoms with Crippen molar-refractivity contribution in [3.63, 3.8) is 0 Å². The van der Waals surface area contributed by atoms with Crippen LogP contribution in [0.5, 0.6) is 0 Å². The van der Waals surface area contributed by atoms with Crippen molar-refractivity contribution in [2.24, 2.45) is 0 Å². The molecule has 0 amide bonds. The highest BCUT2D eigenvalue weighted by molar-refractivity contribution is 7.98. The van der Waals surface area contributed by atoms with Crippen LogP contribution in [0.4, 0.5) is 10.3 Å². The first-order valence-corrected chi connectivity index (χ1v) is 7.76. The standard InChI is InChI=1S/C8H12N6S3/c9-7-13-11-5(16-7)2-1-3-15-4-6-12-14-8(10)17-6/h1-4H2,(H2,9,13)(H2,10,14). The van der Waals surface area contributed by atoms with Crippen molar-refractivity contribution >= 4 is 44.7 Å². The molecule has 4 N–H and O–H groups in total. The molecule has 92 valence electrons. The van der Waals surface area contributed by atoms with Crippen LogP contribution in [0.25, 0.3) is 0 Å². The van der Waals surface area contributed by atoms with Gasteiger partial charge >= 0.3 is 0 Å². The Hall–Kier alpha value is -0.930. The van der Waals surface area contributed by atoms with Crippen LogP contribution in [0.2, 0.25) is 0 Å². The maximum atomic E-state index is 5.50. The van der Waals surface area contributed by atoms with Crippen molar-refractivity contribution in [1.29, 1.82) is 0 Å². The van der Waals surface area contributed by atoms with Crippen molar-refractivity contribution in [1.82, 2.24) is 20.4 Å². The minimum atomic E-state index is 0.532. The number of rotatable bonds is 6. The molecule has 0 aliphatic carbocycles. The average Bonchev–Trinajstić information content (AvgIpc) is 2.88. The first-order chi connectivity index (χ1) is 8.24. The van der Waals surface area contributed by atoms with Gasteiger partial charge in [-0.15, -0.1) is 20.4 Å². The summed E-state index contributed by atoms with van der Waals surface area (Å²) in [5.74, 6) is 1.92. The zero-order valence-corrected chi connectivity index (χ0v) is 11.4. The molecule has 2 aromatic rings. The van der Waals surface area contributed by atoms with Crippen LogP contribution in [0.1, 0.15) is 16.4 Å². The summed E-state index contributed by atoms with van der Waals surface area (Å²) in [7, 11) is 0. The molecular formula is C8H12N6S3. The van der Waals surface area contributed by atoms with Crippen LogP contribution in [0, 0.1) is 0 Å². The maximum Gasteiger partial charge on any atom is 0.203 e. The van der Waals surface area contributed by atoms with Gasteiger partial charge in [-0.05, 0) is 12.2 Å². The van der Waals surface area contributed by atoms with Crippen molar-refractivity contribution in [3.05, 3.63) is 10.0 Å². The van der Waals surface area contributed by atoms with Crippen LogP contribution in [0.3, 0.4) is 0 Å². The number of anilines is 2. The Labute approximate surface area is 111 Å². The van der Waals surface area contributed by atoms with E-state index in [1.807, 2.05) is 11.8 Å². The van der Waals surface area contributed by atoms with Crippen molar-refractivity contribution < 1.29 is 0 Å². The predicted octanol–water partition coefficient (Wildman–Crippen LogP) is 1.42. The lowest BCUT2D eigenvalue weighted by atomic mass is 10.4. The minimum absolute atomic E-state index is 0.532. The normalized spacial score (nSPS) is 10.8. The van der Waals surface area contributed by atoms with Gasteiger partial charge in [0.15, 0.2) is 0 Å². The Balaban J connectivity index is 1.60. The molecule has 0 bridgehead atoms. The fourth-order valence-electron chi connectivity index (χ4n) is 1.18. The fraction of sp³-hybridized carbons (Fsp3) is 0.500. The van der Waals surface area contributed by atoms with E-state index >= 15 is 0 Å². The van der Waals surface area contributed by atoms with Gasteiger partial charge in [0, 0.05) is 12.2 Å². The van der Waals surface area contributed by atoms with Gasteiger partial charge in [0.1, 0.15) is 10.0 Å². The topological polar surface area (TPSA) is 104 Å². The Kier molecular flexibility index (Phi) is 4.51. The molecule has 2 aromatic heterocycles. The molecular weight excluding hydrogens is 276 g/mol. The summed E-state index contributed by atoms with van der Waals surface area (Å²) in [6.07, 6.45) is 1.99. The Morgan fingerprint density at radius 1 is 0.941 bits per heavy atom. The second-order valence-electron chi connectivity index (χ2n) is 3.22. The molecule has 0 spiro atoms. The van der Waals surface area contributed by atoms with Gasteiger partial charge in [0.05, 0.1) is 0 Å². The van der Waals surface area contributed by atoms with Crippen LogP contribution in [-0.2, 0) is 12.2 Å². The third kappa shape index (κ3) is 4.10. The minimum Gasteiger partial charge on any atom is -0.374 e. The molecule has 6 nitrogen and oxygen atoms in total. The number of nitrogens with zero attached hydrogens (tertiary/aromatic N) is 4. The first kappa shape index (κ1) is 12.5. The summed E-state index contributed by atoms with van der Waals surface area (Å²) in [5, 5.41) is 18.5. The van der Waals surface area contributed by atoms with Crippen LogP contribution >= 0.6 is 34.4 Å². The van der Waals surface area contributed by atoms with Gasteiger partial charge in [-0.1, -0.05) is 22.7 Å². The zero-order valence-electron chi connectivity index (χ0n) is 9.00. The molecule has 0 fully saturated rings. The lowest BCUT2D eigenvalue weighted by Crippen LogP contribution is -1.88. The van der Waals surface area contributed by atoms with Gasteiger partial charge < -0.3 is 11.5 Å². The molecule has 0 aliphatic rings. The second-order valence-corrected chi connectivity index (χ2v) is 6.52. The third-order valence-corrected chi connectivity index (χ3v) is 4.67. The molecule has 2 rings (SSSR count). The number of thioether (sulfide) groups is 1. The zero-order chi connectivity index (χ0) is 12.1. The van der Waals surface area contributed by atoms with Gasteiger partial charge in [0.25, 0.3) is 0 Å². The van der Waals surface area contributed by atoms with Gasteiger partial charge in [-0.25, -0.2) is 0 Å². The first-order valence-electron chi connectivity index (χ1n) is 4.97. The fourth-order valence-corrected chi connectivity index (χ4v) is 3.44. The number of hydrogen-bond donors (Lipinski definition) is 2. The molecule has 0 unspecified atom stereocenters. The highest BCUT2D eigenvalue weighted by Gasteiger charge is 2.03. The highest BCUT2D eigenvalue weighted by atomic mass is 32.2. The van der Waals surface area contributed by atoms with E-state index < -0.39 is 0 Å². The van der Waals surface area contributed by atoms with E-state index in [1.165, 1.54) is 22.7 Å². The van der Waals surface area contributed by atoms with Crippen LogP contribution in [-0.4, -0.2) is 26.1 Å². The predicted molar refractivity (Wildman–Crippen MR) is 73.1 cm³/mol. The largest absolute Gasteiger partial charge is 0.374 e. The van der Waals surface area contributed by atoms with Crippen LogP contribution in [0.15, 0.2) is 0 Å². The summed E-state index contributed by atoms with van der Waals surface area (Å²) in [6.45, 7) is 0. The van der Waals surface area contributed by atoms with E-state index in [0.717, 1.165) is 34.4 Å². The maximum absolute atomic E-state index is 5.50. The quantitative estimate of drug-likeness (QED) is 0.775. The van der Waals surface area contributed by atoms with E-state index in [2.05, 4.69) is 20.4 Å². The van der Waals surface area contributed by atoms with E-state index in [9.17, 15) is 0 Å². The Bertz CT molecular complexity index is 425.